The van der Waals surface area contributed by atoms with E-state index in [1.807, 2.05) is 52.9 Å². The molecular formula is C31H33ClN6O3. The molecule has 0 saturated heterocycles. The van der Waals surface area contributed by atoms with Gasteiger partial charge in [-0.25, -0.2) is 0 Å². The molecule has 0 atom stereocenters. The highest BCUT2D eigenvalue weighted by atomic mass is 35.5. The van der Waals surface area contributed by atoms with Crippen molar-refractivity contribution in [3.63, 3.8) is 0 Å². The molecular weight excluding hydrogens is 540 g/mol. The summed E-state index contributed by atoms with van der Waals surface area (Å²) in [5, 5.41) is 13.1. The van der Waals surface area contributed by atoms with Crippen LogP contribution in [0, 0.1) is 0 Å². The predicted octanol–water partition coefficient (Wildman–Crippen LogP) is 4.83. The number of benzene rings is 2. The van der Waals surface area contributed by atoms with Crippen molar-refractivity contribution in [1.82, 2.24) is 29.4 Å². The van der Waals surface area contributed by atoms with Gasteiger partial charge in [0.25, 0.3) is 5.56 Å². The fraction of sp³-hybridized carbons (Fsp3) is 0.355. The smallest absolute Gasteiger partial charge is 0.263 e. The lowest BCUT2D eigenvalue weighted by Gasteiger charge is -2.28. The number of halogens is 1. The van der Waals surface area contributed by atoms with Gasteiger partial charge >= 0.3 is 0 Å². The van der Waals surface area contributed by atoms with Crippen molar-refractivity contribution in [3.05, 3.63) is 99.5 Å². The average molecular weight is 573 g/mol. The molecule has 5 aromatic rings. The maximum atomic E-state index is 13.4. The summed E-state index contributed by atoms with van der Waals surface area (Å²) in [6.45, 7) is 2.43. The summed E-state index contributed by atoms with van der Waals surface area (Å²) in [5.74, 6) is 2.00. The topological polar surface area (TPSA) is 97.7 Å². The molecule has 0 aliphatic heterocycles. The van der Waals surface area contributed by atoms with Gasteiger partial charge in [-0.05, 0) is 54.8 Å². The van der Waals surface area contributed by atoms with Crippen molar-refractivity contribution in [2.75, 3.05) is 13.1 Å². The van der Waals surface area contributed by atoms with Gasteiger partial charge in [0, 0.05) is 37.0 Å². The second-order valence-electron chi connectivity index (χ2n) is 10.6. The Labute approximate surface area is 242 Å². The number of carbonyl (C=O) groups excluding carboxylic acids is 1. The van der Waals surface area contributed by atoms with Gasteiger partial charge in [-0.1, -0.05) is 48.7 Å². The number of amides is 1. The highest BCUT2D eigenvalue weighted by Crippen LogP contribution is 2.25. The Morgan fingerprint density at radius 1 is 1.05 bits per heavy atom. The number of rotatable bonds is 11. The molecule has 0 bridgehead atoms. The van der Waals surface area contributed by atoms with Gasteiger partial charge in [0.2, 0.25) is 11.7 Å². The minimum Gasteiger partial charge on any atom is -0.468 e. The summed E-state index contributed by atoms with van der Waals surface area (Å²) in [6, 6.07) is 19.3. The van der Waals surface area contributed by atoms with Crippen LogP contribution in [-0.2, 0) is 24.3 Å². The van der Waals surface area contributed by atoms with Crippen LogP contribution in [0.5, 0.6) is 0 Å². The Bertz CT molecular complexity index is 1690. The molecule has 6 rings (SSSR count). The summed E-state index contributed by atoms with van der Waals surface area (Å²) in [4.78, 5) is 28.7. The SMILES string of the molecule is O=C(CCc1nnc2n(Cc3ccc(Cl)cc3)c(=O)c3ccccc3n12)NCCN(Cc1ccco1)C1CCCC1. The lowest BCUT2D eigenvalue weighted by atomic mass is 10.2. The van der Waals surface area contributed by atoms with Crippen molar-refractivity contribution < 1.29 is 9.21 Å². The number of hydrogen-bond donors (Lipinski definition) is 1. The van der Waals surface area contributed by atoms with Crippen LogP contribution in [0.25, 0.3) is 16.7 Å². The summed E-state index contributed by atoms with van der Waals surface area (Å²) in [5.41, 5.74) is 1.52. The van der Waals surface area contributed by atoms with E-state index in [1.54, 1.807) is 23.0 Å². The molecule has 41 heavy (non-hydrogen) atoms. The minimum atomic E-state index is -0.138. The van der Waals surface area contributed by atoms with Crippen molar-refractivity contribution in [2.45, 2.75) is 57.7 Å². The number of fused-ring (bicyclic) bond motifs is 3. The first-order chi connectivity index (χ1) is 20.1. The van der Waals surface area contributed by atoms with Gasteiger partial charge in [-0.3, -0.25) is 23.5 Å². The van der Waals surface area contributed by atoms with E-state index in [1.165, 1.54) is 25.7 Å². The number of carbonyl (C=O) groups is 1. The Morgan fingerprint density at radius 2 is 1.85 bits per heavy atom. The van der Waals surface area contributed by atoms with E-state index >= 15 is 0 Å². The molecule has 0 radical (unpaired) electrons. The predicted molar refractivity (Wildman–Crippen MR) is 158 cm³/mol. The van der Waals surface area contributed by atoms with E-state index in [0.29, 0.717) is 47.6 Å². The average Bonchev–Trinajstić information content (AvgIpc) is 3.77. The van der Waals surface area contributed by atoms with Crippen molar-refractivity contribution in [1.29, 1.82) is 0 Å². The van der Waals surface area contributed by atoms with Crippen LogP contribution in [0.1, 0.15) is 49.3 Å². The molecule has 1 saturated carbocycles. The van der Waals surface area contributed by atoms with Gasteiger partial charge in [0.05, 0.1) is 30.3 Å². The first kappa shape index (κ1) is 27.2. The molecule has 1 N–H and O–H groups in total. The van der Waals surface area contributed by atoms with Crippen LogP contribution in [0.3, 0.4) is 0 Å². The number of para-hydroxylation sites is 1. The van der Waals surface area contributed by atoms with Crippen LogP contribution in [0.15, 0.2) is 76.1 Å². The highest BCUT2D eigenvalue weighted by molar-refractivity contribution is 6.30. The van der Waals surface area contributed by atoms with E-state index in [0.717, 1.165) is 29.9 Å². The zero-order valence-electron chi connectivity index (χ0n) is 22.8. The molecule has 3 heterocycles. The summed E-state index contributed by atoms with van der Waals surface area (Å²) in [7, 11) is 0. The fourth-order valence-electron chi connectivity index (χ4n) is 5.81. The highest BCUT2D eigenvalue weighted by Gasteiger charge is 2.23. The second-order valence-corrected chi connectivity index (χ2v) is 11.1. The van der Waals surface area contributed by atoms with Crippen LogP contribution in [0.4, 0.5) is 0 Å². The largest absolute Gasteiger partial charge is 0.468 e. The Kier molecular flexibility index (Phi) is 8.16. The molecule has 2 aromatic carbocycles. The number of aryl methyl sites for hydroxylation is 1. The van der Waals surface area contributed by atoms with E-state index in [9.17, 15) is 9.59 Å². The zero-order chi connectivity index (χ0) is 28.2. The normalized spacial score (nSPS) is 14.0. The van der Waals surface area contributed by atoms with Crippen molar-refractivity contribution in [3.8, 4) is 0 Å². The molecule has 3 aromatic heterocycles. The van der Waals surface area contributed by atoms with Gasteiger partial charge in [0.15, 0.2) is 0 Å². The number of aromatic nitrogens is 4. The number of hydrogen-bond acceptors (Lipinski definition) is 6. The Morgan fingerprint density at radius 3 is 2.63 bits per heavy atom. The molecule has 0 spiro atoms. The third kappa shape index (κ3) is 6.06. The maximum Gasteiger partial charge on any atom is 0.263 e. The van der Waals surface area contributed by atoms with Crippen molar-refractivity contribution >= 4 is 34.2 Å². The van der Waals surface area contributed by atoms with Gasteiger partial charge < -0.3 is 9.73 Å². The minimum absolute atomic E-state index is 0.0371. The number of nitrogens with zero attached hydrogens (tertiary/aromatic N) is 5. The number of nitrogens with one attached hydrogen (secondary N) is 1. The lowest BCUT2D eigenvalue weighted by Crippen LogP contribution is -2.39. The van der Waals surface area contributed by atoms with Crippen LogP contribution in [-0.4, -0.2) is 49.1 Å². The molecule has 212 valence electrons. The van der Waals surface area contributed by atoms with Crippen LogP contribution in [0.2, 0.25) is 5.02 Å². The first-order valence-corrected chi connectivity index (χ1v) is 14.6. The third-order valence-electron chi connectivity index (χ3n) is 7.91. The standard InChI is InChI=1S/C31H33ClN6O3/c32-23-13-11-22(12-14-23)20-37-30(40)26-9-3-4-10-27(26)38-28(34-35-31(37)38)15-16-29(39)33-17-18-36(24-6-1-2-7-24)21-25-8-5-19-41-25/h3-5,8-14,19,24H,1-2,6-7,15-18,20-21H2,(H,33,39). The first-order valence-electron chi connectivity index (χ1n) is 14.2. The van der Waals surface area contributed by atoms with E-state index in [4.69, 9.17) is 16.0 Å². The molecule has 0 unspecified atom stereocenters. The zero-order valence-corrected chi connectivity index (χ0v) is 23.6. The van der Waals surface area contributed by atoms with Gasteiger partial charge in [-0.15, -0.1) is 10.2 Å². The second kappa shape index (κ2) is 12.3. The van der Waals surface area contributed by atoms with Crippen LogP contribution < -0.4 is 10.9 Å². The third-order valence-corrected chi connectivity index (χ3v) is 8.16. The summed E-state index contributed by atoms with van der Waals surface area (Å²) < 4.78 is 9.10. The van der Waals surface area contributed by atoms with Crippen molar-refractivity contribution in [2.24, 2.45) is 0 Å². The van der Waals surface area contributed by atoms with E-state index in [-0.39, 0.29) is 17.9 Å². The lowest BCUT2D eigenvalue weighted by molar-refractivity contribution is -0.121. The molecule has 1 aliphatic rings. The van der Waals surface area contributed by atoms with Gasteiger partial charge in [0.1, 0.15) is 11.6 Å². The summed E-state index contributed by atoms with van der Waals surface area (Å²) >= 11 is 6.05. The molecule has 9 nitrogen and oxygen atoms in total. The van der Waals surface area contributed by atoms with Crippen LogP contribution >= 0.6 is 11.6 Å². The van der Waals surface area contributed by atoms with Gasteiger partial charge in [-0.2, -0.15) is 0 Å². The molecule has 1 fully saturated rings. The monoisotopic (exact) mass is 572 g/mol. The number of furan rings is 1. The fourth-order valence-corrected chi connectivity index (χ4v) is 5.93. The van der Waals surface area contributed by atoms with E-state index in [2.05, 4.69) is 20.4 Å². The molecule has 1 aliphatic carbocycles. The molecule has 1 amide bonds. The Hall–Kier alpha value is -3.95. The Balaban J connectivity index is 1.15. The quantitative estimate of drug-likeness (QED) is 0.243. The maximum absolute atomic E-state index is 13.4. The van der Waals surface area contributed by atoms with E-state index < -0.39 is 0 Å². The summed E-state index contributed by atoms with van der Waals surface area (Å²) in [6.07, 6.45) is 7.25. The molecule has 10 heteroatoms.